The van der Waals surface area contributed by atoms with Gasteiger partial charge in [0.15, 0.2) is 0 Å². The Morgan fingerprint density at radius 1 is 0.935 bits per heavy atom. The molecular formula is C26H25N3O2. The third-order valence-corrected chi connectivity index (χ3v) is 5.14. The van der Waals surface area contributed by atoms with Gasteiger partial charge in [-0.1, -0.05) is 55.5 Å². The molecule has 0 fully saturated rings. The summed E-state index contributed by atoms with van der Waals surface area (Å²) in [5, 5.41) is 15.3. The molecule has 31 heavy (non-hydrogen) atoms. The van der Waals surface area contributed by atoms with Crippen molar-refractivity contribution >= 4 is 11.8 Å². The van der Waals surface area contributed by atoms with Gasteiger partial charge < -0.3 is 10.6 Å². The van der Waals surface area contributed by atoms with E-state index in [1.165, 1.54) is 0 Å². The number of amides is 2. The molecule has 0 aliphatic heterocycles. The summed E-state index contributed by atoms with van der Waals surface area (Å²) >= 11 is 0. The number of nitriles is 1. The smallest absolute Gasteiger partial charge is 0.252 e. The van der Waals surface area contributed by atoms with E-state index in [9.17, 15) is 14.9 Å². The molecule has 0 bridgehead atoms. The first kappa shape index (κ1) is 21.8. The Labute approximate surface area is 182 Å². The Bertz CT molecular complexity index is 1130. The van der Waals surface area contributed by atoms with Crippen LogP contribution in [0.2, 0.25) is 0 Å². The highest BCUT2D eigenvalue weighted by Gasteiger charge is 2.15. The molecule has 5 nitrogen and oxygen atoms in total. The molecule has 3 aromatic carbocycles. The van der Waals surface area contributed by atoms with Gasteiger partial charge in [-0.15, -0.1) is 0 Å². The molecule has 3 aromatic rings. The zero-order valence-corrected chi connectivity index (χ0v) is 17.7. The number of rotatable bonds is 7. The largest absolute Gasteiger partial charge is 0.350 e. The van der Waals surface area contributed by atoms with E-state index >= 15 is 0 Å². The SMILES string of the molecule is CCC(C)NC(=O)c1cccc(CNC(=O)c2ccccc2-c2ccccc2C#N)c1. The topological polar surface area (TPSA) is 82.0 Å². The molecule has 0 aromatic heterocycles. The van der Waals surface area contributed by atoms with Crippen molar-refractivity contribution in [1.82, 2.24) is 10.6 Å². The van der Waals surface area contributed by atoms with Crippen LogP contribution in [0.25, 0.3) is 11.1 Å². The summed E-state index contributed by atoms with van der Waals surface area (Å²) in [6, 6.07) is 24.0. The van der Waals surface area contributed by atoms with Crippen LogP contribution in [-0.2, 0) is 6.54 Å². The van der Waals surface area contributed by atoms with E-state index in [0.717, 1.165) is 17.5 Å². The summed E-state index contributed by atoms with van der Waals surface area (Å²) in [7, 11) is 0. The van der Waals surface area contributed by atoms with Crippen molar-refractivity contribution < 1.29 is 9.59 Å². The predicted octanol–water partition coefficient (Wildman–Crippen LogP) is 4.68. The van der Waals surface area contributed by atoms with Gasteiger partial charge in [-0.25, -0.2) is 0 Å². The maximum atomic E-state index is 12.9. The zero-order chi connectivity index (χ0) is 22.2. The first-order valence-electron chi connectivity index (χ1n) is 10.3. The second-order valence-corrected chi connectivity index (χ2v) is 7.37. The van der Waals surface area contributed by atoms with Crippen LogP contribution in [-0.4, -0.2) is 17.9 Å². The summed E-state index contributed by atoms with van der Waals surface area (Å²) in [5.74, 6) is -0.362. The second-order valence-electron chi connectivity index (χ2n) is 7.37. The fraction of sp³-hybridized carbons (Fsp3) is 0.192. The van der Waals surface area contributed by atoms with Gasteiger partial charge in [0, 0.05) is 29.3 Å². The molecule has 0 spiro atoms. The lowest BCUT2D eigenvalue weighted by Gasteiger charge is -2.13. The summed E-state index contributed by atoms with van der Waals surface area (Å²) in [5.41, 5.74) is 3.84. The number of nitrogens with zero attached hydrogens (tertiary/aromatic N) is 1. The molecule has 0 saturated heterocycles. The van der Waals surface area contributed by atoms with Crippen molar-refractivity contribution in [2.24, 2.45) is 0 Å². The Balaban J connectivity index is 1.76. The van der Waals surface area contributed by atoms with Gasteiger partial charge in [0.05, 0.1) is 11.6 Å². The molecule has 1 unspecified atom stereocenters. The molecule has 0 saturated carbocycles. The van der Waals surface area contributed by atoms with Crippen LogP contribution in [0, 0.1) is 11.3 Å². The normalized spacial score (nSPS) is 11.3. The molecule has 2 N–H and O–H groups in total. The third-order valence-electron chi connectivity index (χ3n) is 5.14. The van der Waals surface area contributed by atoms with Crippen molar-refractivity contribution in [1.29, 1.82) is 5.26 Å². The molecule has 0 radical (unpaired) electrons. The number of carbonyl (C=O) groups is 2. The second kappa shape index (κ2) is 10.2. The van der Waals surface area contributed by atoms with Crippen molar-refractivity contribution in [3.05, 3.63) is 95.1 Å². The Hall–Kier alpha value is -3.91. The van der Waals surface area contributed by atoms with Crippen LogP contribution in [0.5, 0.6) is 0 Å². The van der Waals surface area contributed by atoms with E-state index in [1.807, 2.05) is 50.2 Å². The minimum Gasteiger partial charge on any atom is -0.350 e. The molecule has 0 aliphatic rings. The quantitative estimate of drug-likeness (QED) is 0.592. The average Bonchev–Trinajstić information content (AvgIpc) is 2.82. The summed E-state index contributed by atoms with van der Waals surface area (Å²) in [6.45, 7) is 4.27. The van der Waals surface area contributed by atoms with Crippen LogP contribution in [0.4, 0.5) is 0 Å². The average molecular weight is 412 g/mol. The minimum atomic E-state index is -0.238. The van der Waals surface area contributed by atoms with Gasteiger partial charge in [-0.05, 0) is 48.7 Å². The summed E-state index contributed by atoms with van der Waals surface area (Å²) < 4.78 is 0. The molecule has 2 amide bonds. The van der Waals surface area contributed by atoms with Gasteiger partial charge in [0.1, 0.15) is 0 Å². The molecule has 156 valence electrons. The first-order valence-corrected chi connectivity index (χ1v) is 10.3. The van der Waals surface area contributed by atoms with Gasteiger partial charge in [0.2, 0.25) is 0 Å². The number of nitrogens with one attached hydrogen (secondary N) is 2. The molecule has 1 atom stereocenters. The fourth-order valence-electron chi connectivity index (χ4n) is 3.24. The van der Waals surface area contributed by atoms with Crippen molar-refractivity contribution in [3.63, 3.8) is 0 Å². The maximum Gasteiger partial charge on any atom is 0.252 e. The number of hydrogen-bond donors (Lipinski definition) is 2. The number of carbonyl (C=O) groups excluding carboxylic acids is 2. The van der Waals surface area contributed by atoms with E-state index in [0.29, 0.717) is 22.3 Å². The number of hydrogen-bond acceptors (Lipinski definition) is 3. The Morgan fingerprint density at radius 2 is 1.65 bits per heavy atom. The van der Waals surface area contributed by atoms with Crippen molar-refractivity contribution in [2.75, 3.05) is 0 Å². The molecule has 0 heterocycles. The fourth-order valence-corrected chi connectivity index (χ4v) is 3.24. The van der Waals surface area contributed by atoms with Gasteiger partial charge >= 0.3 is 0 Å². The monoisotopic (exact) mass is 411 g/mol. The van der Waals surface area contributed by atoms with E-state index in [2.05, 4.69) is 16.7 Å². The molecule has 0 aliphatic carbocycles. The van der Waals surface area contributed by atoms with E-state index in [1.54, 1.807) is 36.4 Å². The Morgan fingerprint density at radius 3 is 2.39 bits per heavy atom. The lowest BCUT2D eigenvalue weighted by atomic mass is 9.95. The van der Waals surface area contributed by atoms with E-state index < -0.39 is 0 Å². The maximum absolute atomic E-state index is 12.9. The highest BCUT2D eigenvalue weighted by atomic mass is 16.2. The molecule has 3 rings (SSSR count). The van der Waals surface area contributed by atoms with Crippen LogP contribution in [0.15, 0.2) is 72.8 Å². The van der Waals surface area contributed by atoms with Crippen LogP contribution in [0.1, 0.15) is 52.1 Å². The summed E-state index contributed by atoms with van der Waals surface area (Å²) in [6.07, 6.45) is 0.857. The van der Waals surface area contributed by atoms with Crippen LogP contribution < -0.4 is 10.6 Å². The van der Waals surface area contributed by atoms with Crippen LogP contribution >= 0.6 is 0 Å². The highest BCUT2D eigenvalue weighted by Crippen LogP contribution is 2.26. The standard InChI is InChI=1S/C26H25N3O2/c1-3-18(2)29-25(30)20-11-8-9-19(15-20)17-28-26(31)24-14-7-6-13-23(24)22-12-5-4-10-21(22)16-27/h4-15,18H,3,17H2,1-2H3,(H,28,31)(H,29,30). The third kappa shape index (κ3) is 5.37. The Kier molecular flexibility index (Phi) is 7.18. The highest BCUT2D eigenvalue weighted by molar-refractivity contribution is 6.01. The van der Waals surface area contributed by atoms with E-state index in [-0.39, 0.29) is 24.4 Å². The molecular weight excluding hydrogens is 386 g/mol. The lowest BCUT2D eigenvalue weighted by Crippen LogP contribution is -2.32. The summed E-state index contributed by atoms with van der Waals surface area (Å²) in [4.78, 5) is 25.3. The van der Waals surface area contributed by atoms with Crippen molar-refractivity contribution in [3.8, 4) is 17.2 Å². The van der Waals surface area contributed by atoms with Gasteiger partial charge in [0.25, 0.3) is 11.8 Å². The lowest BCUT2D eigenvalue weighted by molar-refractivity contribution is 0.0936. The van der Waals surface area contributed by atoms with Gasteiger partial charge in [-0.3, -0.25) is 9.59 Å². The zero-order valence-electron chi connectivity index (χ0n) is 17.7. The predicted molar refractivity (Wildman–Crippen MR) is 121 cm³/mol. The molecule has 5 heteroatoms. The van der Waals surface area contributed by atoms with Crippen LogP contribution in [0.3, 0.4) is 0 Å². The van der Waals surface area contributed by atoms with Crippen molar-refractivity contribution in [2.45, 2.75) is 32.9 Å². The minimum absolute atomic E-state index is 0.101. The number of benzene rings is 3. The van der Waals surface area contributed by atoms with Gasteiger partial charge in [-0.2, -0.15) is 5.26 Å². The first-order chi connectivity index (χ1) is 15.0. The van der Waals surface area contributed by atoms with E-state index in [4.69, 9.17) is 0 Å².